The van der Waals surface area contributed by atoms with E-state index in [4.69, 9.17) is 4.52 Å². The molecule has 0 aliphatic rings. The van der Waals surface area contributed by atoms with Crippen LogP contribution >= 0.6 is 0 Å². The molecule has 2 heterocycles. The van der Waals surface area contributed by atoms with Crippen molar-refractivity contribution < 1.29 is 14.2 Å². The molecule has 2 aromatic heterocycles. The quantitative estimate of drug-likeness (QED) is 0.627. The monoisotopic (exact) mass is 291 g/mol. The van der Waals surface area contributed by atoms with Crippen LogP contribution < -0.4 is 10.6 Å². The second-order valence-corrected chi connectivity index (χ2v) is 4.21. The van der Waals surface area contributed by atoms with Gasteiger partial charge >= 0.3 is 0 Å². The lowest BCUT2D eigenvalue weighted by Gasteiger charge is -2.05. The molecule has 110 valence electrons. The molecule has 2 N–H and O–H groups in total. The Morgan fingerprint density at radius 2 is 2.24 bits per heavy atom. The van der Waals surface area contributed by atoms with Gasteiger partial charge in [0.1, 0.15) is 17.6 Å². The van der Waals surface area contributed by atoms with Crippen molar-refractivity contribution in [1.29, 1.82) is 0 Å². The summed E-state index contributed by atoms with van der Waals surface area (Å²) in [6.45, 7) is 1.84. The van der Waals surface area contributed by atoms with E-state index in [9.17, 15) is 14.9 Å². The van der Waals surface area contributed by atoms with Crippen LogP contribution in [0.5, 0.6) is 0 Å². The maximum atomic E-state index is 12.1. The summed E-state index contributed by atoms with van der Waals surface area (Å²) in [6, 6.07) is 2.99. The standard InChI is InChI=1S/C12H13N5O4/c1-7-3-8(21-16-7)5-15-12(18)9-4-11(13-2)14-6-10(9)17(19)20/h3-4,6H,5H2,1-2H3,(H,13,14)(H,15,18). The second kappa shape index (κ2) is 5.99. The van der Waals surface area contributed by atoms with Crippen molar-refractivity contribution in [2.24, 2.45) is 0 Å². The normalized spacial score (nSPS) is 10.2. The largest absolute Gasteiger partial charge is 0.373 e. The van der Waals surface area contributed by atoms with Crippen molar-refractivity contribution >= 4 is 17.4 Å². The van der Waals surface area contributed by atoms with Gasteiger partial charge in [0.2, 0.25) is 0 Å². The molecule has 0 saturated carbocycles. The molecule has 9 heteroatoms. The first-order chi connectivity index (χ1) is 10.0. The molecular formula is C12H13N5O4. The van der Waals surface area contributed by atoms with Crippen LogP contribution in [0.15, 0.2) is 22.9 Å². The Morgan fingerprint density at radius 3 is 2.81 bits per heavy atom. The van der Waals surface area contributed by atoms with Crippen molar-refractivity contribution in [3.05, 3.63) is 45.5 Å². The molecule has 21 heavy (non-hydrogen) atoms. The maximum absolute atomic E-state index is 12.1. The van der Waals surface area contributed by atoms with Gasteiger partial charge in [-0.05, 0) is 6.92 Å². The Morgan fingerprint density at radius 1 is 1.48 bits per heavy atom. The summed E-state index contributed by atoms with van der Waals surface area (Å²) in [5.74, 6) is 0.238. The lowest BCUT2D eigenvalue weighted by atomic mass is 10.2. The average molecular weight is 291 g/mol. The van der Waals surface area contributed by atoms with Crippen LogP contribution in [0, 0.1) is 17.0 Å². The van der Waals surface area contributed by atoms with Gasteiger partial charge in [-0.25, -0.2) is 4.98 Å². The third kappa shape index (κ3) is 3.32. The molecule has 1 amide bonds. The van der Waals surface area contributed by atoms with Crippen LogP contribution in [0.2, 0.25) is 0 Å². The molecular weight excluding hydrogens is 278 g/mol. The number of amides is 1. The van der Waals surface area contributed by atoms with Crippen molar-refractivity contribution in [1.82, 2.24) is 15.5 Å². The molecule has 2 rings (SSSR count). The fourth-order valence-corrected chi connectivity index (χ4v) is 1.67. The number of nitro groups is 1. The Bertz CT molecular complexity index is 682. The Kier molecular flexibility index (Phi) is 4.12. The Hall–Kier alpha value is -2.97. The molecule has 2 aromatic rings. The highest BCUT2D eigenvalue weighted by Gasteiger charge is 2.21. The number of rotatable bonds is 5. The molecule has 9 nitrogen and oxygen atoms in total. The second-order valence-electron chi connectivity index (χ2n) is 4.21. The molecule has 0 aliphatic carbocycles. The van der Waals surface area contributed by atoms with Crippen LogP contribution in [0.3, 0.4) is 0 Å². The number of hydrogen-bond acceptors (Lipinski definition) is 7. The van der Waals surface area contributed by atoms with Crippen LogP contribution in [0.4, 0.5) is 11.5 Å². The predicted molar refractivity (Wildman–Crippen MR) is 72.8 cm³/mol. The zero-order valence-electron chi connectivity index (χ0n) is 11.4. The molecule has 0 radical (unpaired) electrons. The number of aryl methyl sites for hydroxylation is 1. The minimum atomic E-state index is -0.653. The van der Waals surface area contributed by atoms with Crippen LogP contribution in [-0.4, -0.2) is 28.0 Å². The first kappa shape index (κ1) is 14.4. The molecule has 0 spiro atoms. The van der Waals surface area contributed by atoms with Crippen LogP contribution in [0.1, 0.15) is 21.8 Å². The first-order valence-corrected chi connectivity index (χ1v) is 6.04. The summed E-state index contributed by atoms with van der Waals surface area (Å²) in [5, 5.41) is 19.9. The van der Waals surface area contributed by atoms with Gasteiger partial charge in [0, 0.05) is 19.2 Å². The summed E-state index contributed by atoms with van der Waals surface area (Å²) >= 11 is 0. The highest BCUT2D eigenvalue weighted by molar-refractivity contribution is 5.98. The van der Waals surface area contributed by atoms with E-state index >= 15 is 0 Å². The van der Waals surface area contributed by atoms with Crippen molar-refractivity contribution in [3.63, 3.8) is 0 Å². The predicted octanol–water partition coefficient (Wildman–Crippen LogP) is 1.26. The van der Waals surface area contributed by atoms with E-state index in [1.54, 1.807) is 20.0 Å². The highest BCUT2D eigenvalue weighted by Crippen LogP contribution is 2.20. The van der Waals surface area contributed by atoms with Gasteiger partial charge in [0.15, 0.2) is 5.76 Å². The molecule has 0 saturated heterocycles. The lowest BCUT2D eigenvalue weighted by molar-refractivity contribution is -0.385. The zero-order valence-corrected chi connectivity index (χ0v) is 11.4. The van der Waals surface area contributed by atoms with Gasteiger partial charge in [-0.15, -0.1) is 0 Å². The summed E-state index contributed by atoms with van der Waals surface area (Å²) in [5.41, 5.74) is 0.252. The number of pyridine rings is 1. The fourth-order valence-electron chi connectivity index (χ4n) is 1.67. The molecule has 0 atom stereocenters. The molecule has 0 bridgehead atoms. The number of nitrogens with one attached hydrogen (secondary N) is 2. The number of anilines is 1. The van der Waals surface area contributed by atoms with E-state index in [0.29, 0.717) is 17.3 Å². The third-order valence-electron chi connectivity index (χ3n) is 2.68. The maximum Gasteiger partial charge on any atom is 0.300 e. The summed E-state index contributed by atoms with van der Waals surface area (Å²) in [6.07, 6.45) is 1.04. The van der Waals surface area contributed by atoms with E-state index in [-0.39, 0.29) is 17.8 Å². The minimum absolute atomic E-state index is 0.0735. The summed E-state index contributed by atoms with van der Waals surface area (Å²) < 4.78 is 4.95. The van der Waals surface area contributed by atoms with Gasteiger partial charge in [-0.2, -0.15) is 0 Å². The van der Waals surface area contributed by atoms with Gasteiger partial charge < -0.3 is 15.2 Å². The van der Waals surface area contributed by atoms with E-state index in [2.05, 4.69) is 20.8 Å². The van der Waals surface area contributed by atoms with Crippen LogP contribution in [-0.2, 0) is 6.54 Å². The summed E-state index contributed by atoms with van der Waals surface area (Å²) in [7, 11) is 1.60. The SMILES string of the molecule is CNc1cc(C(=O)NCc2cc(C)no2)c([N+](=O)[O-])cn1. The van der Waals surface area contributed by atoms with Crippen LogP contribution in [0.25, 0.3) is 0 Å². The van der Waals surface area contributed by atoms with Crippen molar-refractivity contribution in [3.8, 4) is 0 Å². The van der Waals surface area contributed by atoms with Crippen molar-refractivity contribution in [2.75, 3.05) is 12.4 Å². The fraction of sp³-hybridized carbons (Fsp3) is 0.250. The molecule has 0 aliphatic heterocycles. The smallest absolute Gasteiger partial charge is 0.300 e. The minimum Gasteiger partial charge on any atom is -0.373 e. The Balaban J connectivity index is 2.19. The average Bonchev–Trinajstić information content (AvgIpc) is 2.89. The Labute approximate surface area is 119 Å². The zero-order chi connectivity index (χ0) is 15.4. The first-order valence-electron chi connectivity index (χ1n) is 6.04. The number of hydrogen-bond donors (Lipinski definition) is 2. The molecule has 0 fully saturated rings. The third-order valence-corrected chi connectivity index (χ3v) is 2.68. The van der Waals surface area contributed by atoms with Gasteiger partial charge in [-0.1, -0.05) is 5.16 Å². The number of carbonyl (C=O) groups is 1. The van der Waals surface area contributed by atoms with E-state index in [1.807, 2.05) is 0 Å². The van der Waals surface area contributed by atoms with Gasteiger partial charge in [0.05, 0.1) is 17.2 Å². The van der Waals surface area contributed by atoms with E-state index < -0.39 is 10.8 Å². The van der Waals surface area contributed by atoms with Gasteiger partial charge in [0.25, 0.3) is 11.6 Å². The van der Waals surface area contributed by atoms with E-state index in [0.717, 1.165) is 6.20 Å². The lowest BCUT2D eigenvalue weighted by Crippen LogP contribution is -2.23. The number of aromatic nitrogens is 2. The van der Waals surface area contributed by atoms with Gasteiger partial charge in [-0.3, -0.25) is 14.9 Å². The topological polar surface area (TPSA) is 123 Å². The summed E-state index contributed by atoms with van der Waals surface area (Å²) in [4.78, 5) is 26.2. The molecule has 0 unspecified atom stereocenters. The highest BCUT2D eigenvalue weighted by atomic mass is 16.6. The van der Waals surface area contributed by atoms with E-state index in [1.165, 1.54) is 6.07 Å². The molecule has 0 aromatic carbocycles. The number of carbonyl (C=O) groups excluding carboxylic acids is 1. The number of nitrogens with zero attached hydrogens (tertiary/aromatic N) is 3. The van der Waals surface area contributed by atoms with Crippen molar-refractivity contribution in [2.45, 2.75) is 13.5 Å².